The highest BCUT2D eigenvalue weighted by Crippen LogP contribution is 2.17. The fourth-order valence-corrected chi connectivity index (χ4v) is 0.443. The maximum atomic E-state index is 11.6. The second-order valence-corrected chi connectivity index (χ2v) is 2.18. The van der Waals surface area contributed by atoms with Gasteiger partial charge in [0.1, 0.15) is 0 Å². The minimum Gasteiger partial charge on any atom is -0.307 e. The summed E-state index contributed by atoms with van der Waals surface area (Å²) in [6.07, 6.45) is 1.01. The molecular weight excluding hydrogens is 125 g/mol. The smallest absolute Gasteiger partial charge is 0.0827 e. The van der Waals surface area contributed by atoms with Crippen LogP contribution in [0.25, 0.3) is 0 Å². The standard InChI is InChI=1S/C5H8FNS/c1-4(2)5(3-7)8-6/h3,7H,1-2H3. The summed E-state index contributed by atoms with van der Waals surface area (Å²) < 4.78 is 11.6. The molecular formula is C5H8FNS. The molecule has 0 amide bonds. The van der Waals surface area contributed by atoms with E-state index in [1.807, 2.05) is 0 Å². The second kappa shape index (κ2) is 3.66. The van der Waals surface area contributed by atoms with Crippen molar-refractivity contribution in [2.75, 3.05) is 0 Å². The number of hydrogen-bond acceptors (Lipinski definition) is 2. The summed E-state index contributed by atoms with van der Waals surface area (Å²) in [6.45, 7) is 3.54. The van der Waals surface area contributed by atoms with Crippen LogP contribution in [0.5, 0.6) is 0 Å². The molecule has 3 heteroatoms. The van der Waals surface area contributed by atoms with Gasteiger partial charge in [0, 0.05) is 6.21 Å². The SMILES string of the molecule is CC(C)=C(C=N)SF. The molecule has 0 unspecified atom stereocenters. The fourth-order valence-electron chi connectivity index (χ4n) is 0.244. The topological polar surface area (TPSA) is 23.9 Å². The van der Waals surface area contributed by atoms with Gasteiger partial charge in [-0.1, -0.05) is 5.57 Å². The largest absolute Gasteiger partial charge is 0.307 e. The van der Waals surface area contributed by atoms with Gasteiger partial charge in [0.25, 0.3) is 0 Å². The lowest BCUT2D eigenvalue weighted by Gasteiger charge is -1.91. The zero-order valence-corrected chi connectivity index (χ0v) is 5.68. The molecule has 0 aromatic carbocycles. The average molecular weight is 133 g/mol. The number of halogens is 1. The van der Waals surface area contributed by atoms with Crippen LogP contribution >= 0.6 is 12.1 Å². The molecule has 0 saturated carbocycles. The van der Waals surface area contributed by atoms with Gasteiger partial charge in [-0.05, 0) is 13.8 Å². The van der Waals surface area contributed by atoms with Gasteiger partial charge < -0.3 is 5.41 Å². The van der Waals surface area contributed by atoms with Gasteiger partial charge in [0.2, 0.25) is 0 Å². The molecule has 0 heterocycles. The molecule has 0 aliphatic heterocycles. The molecule has 0 aromatic heterocycles. The maximum Gasteiger partial charge on any atom is 0.0827 e. The predicted molar refractivity (Wildman–Crippen MR) is 35.9 cm³/mol. The van der Waals surface area contributed by atoms with Crippen molar-refractivity contribution in [3.05, 3.63) is 10.5 Å². The van der Waals surface area contributed by atoms with Gasteiger partial charge in [0.15, 0.2) is 0 Å². The average Bonchev–Trinajstić information content (AvgIpc) is 1.69. The van der Waals surface area contributed by atoms with Gasteiger partial charge in [-0.15, -0.1) is 0 Å². The van der Waals surface area contributed by atoms with Crippen LogP contribution < -0.4 is 0 Å². The van der Waals surface area contributed by atoms with Crippen molar-refractivity contribution < 1.29 is 3.89 Å². The van der Waals surface area contributed by atoms with E-state index < -0.39 is 0 Å². The summed E-state index contributed by atoms with van der Waals surface area (Å²) >= 11 is 0.115. The number of hydrogen-bond donors (Lipinski definition) is 1. The third-order valence-corrected chi connectivity index (χ3v) is 1.40. The zero-order valence-electron chi connectivity index (χ0n) is 4.86. The Morgan fingerprint density at radius 2 is 2.12 bits per heavy atom. The van der Waals surface area contributed by atoms with Crippen LogP contribution in [0.4, 0.5) is 3.89 Å². The van der Waals surface area contributed by atoms with Crippen molar-refractivity contribution in [2.45, 2.75) is 13.8 Å². The Kier molecular flexibility index (Phi) is 3.52. The molecule has 0 fully saturated rings. The monoisotopic (exact) mass is 133 g/mol. The van der Waals surface area contributed by atoms with Crippen molar-refractivity contribution in [1.29, 1.82) is 5.41 Å². The van der Waals surface area contributed by atoms with E-state index in [0.29, 0.717) is 4.91 Å². The molecule has 0 aromatic rings. The Morgan fingerprint density at radius 3 is 2.12 bits per heavy atom. The van der Waals surface area contributed by atoms with Crippen LogP contribution in [-0.4, -0.2) is 6.21 Å². The highest BCUT2D eigenvalue weighted by molar-refractivity contribution is 7.99. The predicted octanol–water partition coefficient (Wildman–Crippen LogP) is 2.55. The highest BCUT2D eigenvalue weighted by Gasteiger charge is 1.92. The molecule has 0 saturated heterocycles. The molecule has 0 atom stereocenters. The molecule has 0 radical (unpaired) electrons. The lowest BCUT2D eigenvalue weighted by Crippen LogP contribution is -1.76. The summed E-state index contributed by atoms with van der Waals surface area (Å²) in [4.78, 5) is 0.394. The second-order valence-electron chi connectivity index (χ2n) is 1.59. The third-order valence-electron chi connectivity index (χ3n) is 0.707. The van der Waals surface area contributed by atoms with E-state index in [1.165, 1.54) is 0 Å². The normalized spacial score (nSPS) is 8.38. The van der Waals surface area contributed by atoms with Crippen molar-refractivity contribution in [3.8, 4) is 0 Å². The third kappa shape index (κ3) is 2.12. The van der Waals surface area contributed by atoms with Crippen LogP contribution in [0.3, 0.4) is 0 Å². The van der Waals surface area contributed by atoms with Gasteiger partial charge in [-0.2, -0.15) is 3.89 Å². The van der Waals surface area contributed by atoms with E-state index in [-0.39, 0.29) is 12.1 Å². The van der Waals surface area contributed by atoms with Gasteiger partial charge >= 0.3 is 0 Å². The Balaban J connectivity index is 4.07. The minimum atomic E-state index is 0.115. The Labute approximate surface area is 52.8 Å². The van der Waals surface area contributed by atoms with E-state index in [9.17, 15) is 3.89 Å². The number of allylic oxidation sites excluding steroid dienone is 2. The molecule has 1 nitrogen and oxygen atoms in total. The van der Waals surface area contributed by atoms with Crippen LogP contribution in [0, 0.1) is 5.41 Å². The summed E-state index contributed by atoms with van der Waals surface area (Å²) in [5, 5.41) is 6.65. The van der Waals surface area contributed by atoms with Crippen molar-refractivity contribution in [2.24, 2.45) is 0 Å². The Morgan fingerprint density at radius 1 is 1.62 bits per heavy atom. The van der Waals surface area contributed by atoms with E-state index in [4.69, 9.17) is 5.41 Å². The van der Waals surface area contributed by atoms with Gasteiger partial charge in [-0.3, -0.25) is 0 Å². The Bertz CT molecular complexity index is 116. The van der Waals surface area contributed by atoms with Gasteiger partial charge in [-0.25, -0.2) is 0 Å². The summed E-state index contributed by atoms with van der Waals surface area (Å²) in [5.41, 5.74) is 0.840. The molecule has 0 bridgehead atoms. The van der Waals surface area contributed by atoms with E-state index in [0.717, 1.165) is 11.8 Å². The molecule has 0 aliphatic rings. The maximum absolute atomic E-state index is 11.6. The summed E-state index contributed by atoms with van der Waals surface area (Å²) in [5.74, 6) is 0. The summed E-state index contributed by atoms with van der Waals surface area (Å²) in [7, 11) is 0. The molecule has 1 N–H and O–H groups in total. The lowest BCUT2D eigenvalue weighted by molar-refractivity contribution is 0.945. The molecule has 46 valence electrons. The fraction of sp³-hybridized carbons (Fsp3) is 0.400. The van der Waals surface area contributed by atoms with Gasteiger partial charge in [0.05, 0.1) is 17.1 Å². The van der Waals surface area contributed by atoms with E-state index in [2.05, 4.69) is 0 Å². The quantitative estimate of drug-likeness (QED) is 0.575. The van der Waals surface area contributed by atoms with Crippen molar-refractivity contribution in [3.63, 3.8) is 0 Å². The van der Waals surface area contributed by atoms with E-state index in [1.54, 1.807) is 13.8 Å². The van der Waals surface area contributed by atoms with Crippen LogP contribution in [0.1, 0.15) is 13.8 Å². The molecule has 0 aliphatic carbocycles. The van der Waals surface area contributed by atoms with Crippen molar-refractivity contribution in [1.82, 2.24) is 0 Å². The van der Waals surface area contributed by atoms with Crippen LogP contribution in [0.15, 0.2) is 10.5 Å². The minimum absolute atomic E-state index is 0.115. The highest BCUT2D eigenvalue weighted by atomic mass is 32.2. The first-order valence-corrected chi connectivity index (χ1v) is 2.90. The first-order chi connectivity index (χ1) is 3.72. The van der Waals surface area contributed by atoms with E-state index >= 15 is 0 Å². The van der Waals surface area contributed by atoms with Crippen LogP contribution in [0.2, 0.25) is 0 Å². The Hall–Kier alpha value is -0.310. The zero-order chi connectivity index (χ0) is 6.57. The first-order valence-electron chi connectivity index (χ1n) is 2.19. The summed E-state index contributed by atoms with van der Waals surface area (Å²) in [6, 6.07) is 0. The lowest BCUT2D eigenvalue weighted by atomic mass is 10.3. The molecule has 0 spiro atoms. The van der Waals surface area contributed by atoms with Crippen molar-refractivity contribution >= 4 is 18.4 Å². The van der Waals surface area contributed by atoms with Crippen LogP contribution in [-0.2, 0) is 0 Å². The number of nitrogens with one attached hydrogen (secondary N) is 1. The molecule has 0 rings (SSSR count). The molecule has 8 heavy (non-hydrogen) atoms. The first kappa shape index (κ1) is 7.69. The number of rotatable bonds is 2.